The zero-order valence-electron chi connectivity index (χ0n) is 13.1. The number of sulfone groups is 1. The number of hydrogen-bond donors (Lipinski definition) is 0. The van der Waals surface area contributed by atoms with E-state index in [1.54, 1.807) is 30.3 Å². The van der Waals surface area contributed by atoms with Gasteiger partial charge < -0.3 is 4.42 Å². The standard InChI is InChI=1S/C17H12ClN3O3S/c1-11-4-6-12(7-5-11)16-21-14(9-19)17(24-16)25(22,23)10-13-3-2-8-20-15(13)18/h2-8H,10H2,1H3. The van der Waals surface area contributed by atoms with Crippen molar-refractivity contribution in [2.45, 2.75) is 17.8 Å². The van der Waals surface area contributed by atoms with Gasteiger partial charge in [-0.25, -0.2) is 13.4 Å². The van der Waals surface area contributed by atoms with E-state index in [4.69, 9.17) is 16.0 Å². The number of aryl methyl sites for hydroxylation is 1. The molecule has 0 aliphatic heterocycles. The van der Waals surface area contributed by atoms with Crippen LogP contribution >= 0.6 is 11.6 Å². The molecule has 3 rings (SSSR count). The highest BCUT2D eigenvalue weighted by atomic mass is 35.5. The fourth-order valence-electron chi connectivity index (χ4n) is 2.20. The SMILES string of the molecule is Cc1ccc(-c2nc(C#N)c(S(=O)(=O)Cc3cccnc3Cl)o2)cc1. The molecule has 0 N–H and O–H groups in total. The lowest BCUT2D eigenvalue weighted by atomic mass is 10.1. The van der Waals surface area contributed by atoms with Crippen molar-refractivity contribution >= 4 is 21.4 Å². The van der Waals surface area contributed by atoms with E-state index in [2.05, 4.69) is 9.97 Å². The molecule has 0 spiro atoms. The monoisotopic (exact) mass is 373 g/mol. The molecule has 0 saturated carbocycles. The van der Waals surface area contributed by atoms with E-state index in [1.165, 1.54) is 6.20 Å². The first kappa shape index (κ1) is 17.1. The van der Waals surface area contributed by atoms with Crippen LogP contribution in [-0.4, -0.2) is 18.4 Å². The van der Waals surface area contributed by atoms with Crippen LogP contribution in [0.3, 0.4) is 0 Å². The number of benzene rings is 1. The molecule has 2 aromatic heterocycles. The maximum atomic E-state index is 12.7. The number of rotatable bonds is 4. The second-order valence-electron chi connectivity index (χ2n) is 5.35. The number of pyridine rings is 1. The Labute approximate surface area is 149 Å². The third-order valence-corrected chi connectivity index (χ3v) is 5.34. The fraction of sp³-hybridized carbons (Fsp3) is 0.118. The zero-order chi connectivity index (χ0) is 18.0. The Bertz CT molecular complexity index is 1070. The quantitative estimate of drug-likeness (QED) is 0.649. The van der Waals surface area contributed by atoms with E-state index in [1.807, 2.05) is 19.1 Å². The summed E-state index contributed by atoms with van der Waals surface area (Å²) in [6.07, 6.45) is 1.46. The molecular weight excluding hydrogens is 362 g/mol. The summed E-state index contributed by atoms with van der Waals surface area (Å²) >= 11 is 5.92. The highest BCUT2D eigenvalue weighted by Gasteiger charge is 2.28. The zero-order valence-corrected chi connectivity index (χ0v) is 14.7. The van der Waals surface area contributed by atoms with Crippen LogP contribution in [0.4, 0.5) is 0 Å². The molecule has 0 radical (unpaired) electrons. The van der Waals surface area contributed by atoms with Gasteiger partial charge in [0.2, 0.25) is 15.7 Å². The number of halogens is 1. The first-order chi connectivity index (χ1) is 11.9. The number of nitrogens with zero attached hydrogens (tertiary/aromatic N) is 3. The number of aromatic nitrogens is 2. The van der Waals surface area contributed by atoms with Crippen molar-refractivity contribution in [3.63, 3.8) is 0 Å². The van der Waals surface area contributed by atoms with Crippen molar-refractivity contribution in [1.29, 1.82) is 5.26 Å². The molecule has 0 saturated heterocycles. The summed E-state index contributed by atoms with van der Waals surface area (Å²) < 4.78 is 30.7. The van der Waals surface area contributed by atoms with Crippen LogP contribution in [-0.2, 0) is 15.6 Å². The van der Waals surface area contributed by atoms with Gasteiger partial charge in [-0.1, -0.05) is 35.4 Å². The Morgan fingerprint density at radius 1 is 1.24 bits per heavy atom. The van der Waals surface area contributed by atoms with Gasteiger partial charge in [-0.2, -0.15) is 10.2 Å². The second-order valence-corrected chi connectivity index (χ2v) is 7.59. The van der Waals surface area contributed by atoms with Crippen LogP contribution in [0.25, 0.3) is 11.5 Å². The molecule has 0 atom stereocenters. The highest BCUT2D eigenvalue weighted by Crippen LogP contribution is 2.28. The molecule has 2 heterocycles. The third kappa shape index (κ3) is 3.55. The maximum absolute atomic E-state index is 12.7. The summed E-state index contributed by atoms with van der Waals surface area (Å²) in [5, 5.41) is 8.85. The lowest BCUT2D eigenvalue weighted by molar-refractivity contribution is 0.457. The molecule has 0 amide bonds. The van der Waals surface area contributed by atoms with Crippen molar-refractivity contribution in [2.75, 3.05) is 0 Å². The van der Waals surface area contributed by atoms with Crippen LogP contribution < -0.4 is 0 Å². The molecule has 0 unspecified atom stereocenters. The molecule has 0 fully saturated rings. The van der Waals surface area contributed by atoms with Crippen molar-refractivity contribution in [3.05, 3.63) is 64.6 Å². The smallest absolute Gasteiger partial charge is 0.257 e. The van der Waals surface area contributed by atoms with E-state index in [-0.39, 0.29) is 16.7 Å². The van der Waals surface area contributed by atoms with Crippen molar-refractivity contribution in [3.8, 4) is 17.5 Å². The molecular formula is C17H12ClN3O3S. The molecule has 25 heavy (non-hydrogen) atoms. The van der Waals surface area contributed by atoms with E-state index < -0.39 is 20.7 Å². The predicted molar refractivity (Wildman–Crippen MR) is 91.5 cm³/mol. The lowest BCUT2D eigenvalue weighted by Gasteiger charge is -2.03. The van der Waals surface area contributed by atoms with E-state index in [0.29, 0.717) is 11.1 Å². The third-order valence-electron chi connectivity index (χ3n) is 3.46. The Balaban J connectivity index is 2.03. The van der Waals surface area contributed by atoms with Crippen LogP contribution in [0.2, 0.25) is 5.15 Å². The van der Waals surface area contributed by atoms with Crippen LogP contribution in [0.15, 0.2) is 52.1 Å². The van der Waals surface area contributed by atoms with Crippen LogP contribution in [0.5, 0.6) is 0 Å². The normalized spacial score (nSPS) is 11.2. The van der Waals surface area contributed by atoms with E-state index in [9.17, 15) is 13.7 Å². The number of oxazole rings is 1. The first-order valence-corrected chi connectivity index (χ1v) is 9.24. The largest absolute Gasteiger partial charge is 0.423 e. The average molecular weight is 374 g/mol. The number of hydrogen-bond acceptors (Lipinski definition) is 6. The topological polar surface area (TPSA) is 96.8 Å². The highest BCUT2D eigenvalue weighted by molar-refractivity contribution is 7.90. The summed E-state index contributed by atoms with van der Waals surface area (Å²) in [5.74, 6) is -0.357. The molecule has 3 aromatic rings. The molecule has 0 bridgehead atoms. The summed E-state index contributed by atoms with van der Waals surface area (Å²) in [6, 6.07) is 12.1. The summed E-state index contributed by atoms with van der Waals surface area (Å²) in [5.41, 5.74) is 1.66. The van der Waals surface area contributed by atoms with Crippen LogP contribution in [0.1, 0.15) is 16.8 Å². The second kappa shape index (κ2) is 6.67. The first-order valence-electron chi connectivity index (χ1n) is 7.21. The van der Waals surface area contributed by atoms with E-state index >= 15 is 0 Å². The van der Waals surface area contributed by atoms with Gasteiger partial charge in [0.1, 0.15) is 11.2 Å². The lowest BCUT2D eigenvalue weighted by Crippen LogP contribution is -2.06. The Kier molecular flexibility index (Phi) is 4.57. The molecule has 0 aliphatic carbocycles. The van der Waals surface area contributed by atoms with Gasteiger partial charge in [0, 0.05) is 17.3 Å². The molecule has 0 aliphatic rings. The van der Waals surface area contributed by atoms with Crippen molar-refractivity contribution in [2.24, 2.45) is 0 Å². The van der Waals surface area contributed by atoms with Crippen molar-refractivity contribution < 1.29 is 12.8 Å². The summed E-state index contributed by atoms with van der Waals surface area (Å²) in [6.45, 7) is 1.92. The van der Waals surface area contributed by atoms with Gasteiger partial charge in [-0.15, -0.1) is 0 Å². The van der Waals surface area contributed by atoms with Gasteiger partial charge in [0.25, 0.3) is 5.09 Å². The minimum atomic E-state index is -3.95. The maximum Gasteiger partial charge on any atom is 0.257 e. The van der Waals surface area contributed by atoms with Gasteiger partial charge >= 0.3 is 0 Å². The molecule has 8 heteroatoms. The molecule has 6 nitrogen and oxygen atoms in total. The van der Waals surface area contributed by atoms with Gasteiger partial charge in [0.15, 0.2) is 5.69 Å². The average Bonchev–Trinajstić information content (AvgIpc) is 3.03. The minimum absolute atomic E-state index is 0.0763. The Morgan fingerprint density at radius 3 is 2.60 bits per heavy atom. The van der Waals surface area contributed by atoms with E-state index in [0.717, 1.165) is 5.56 Å². The summed E-state index contributed by atoms with van der Waals surface area (Å²) in [4.78, 5) is 7.85. The molecule has 126 valence electrons. The fourth-order valence-corrected chi connectivity index (χ4v) is 3.84. The molecule has 1 aromatic carbocycles. The Hall–Kier alpha value is -2.69. The van der Waals surface area contributed by atoms with Gasteiger partial charge in [-0.3, -0.25) is 0 Å². The van der Waals surface area contributed by atoms with Gasteiger partial charge in [-0.05, 0) is 25.1 Å². The summed E-state index contributed by atoms with van der Waals surface area (Å²) in [7, 11) is -3.95. The minimum Gasteiger partial charge on any atom is -0.423 e. The van der Waals surface area contributed by atoms with Gasteiger partial charge in [0.05, 0.1) is 5.75 Å². The predicted octanol–water partition coefficient (Wildman–Crippen LogP) is 3.54. The van der Waals surface area contributed by atoms with Crippen LogP contribution in [0, 0.1) is 18.3 Å². The van der Waals surface area contributed by atoms with Crippen molar-refractivity contribution in [1.82, 2.24) is 9.97 Å². The Morgan fingerprint density at radius 2 is 1.96 bits per heavy atom. The number of nitriles is 1.